The van der Waals surface area contributed by atoms with Crippen LogP contribution in [0, 0.1) is 5.92 Å². The summed E-state index contributed by atoms with van der Waals surface area (Å²) in [6, 6.07) is 0.245. The van der Waals surface area contributed by atoms with E-state index in [-0.39, 0.29) is 41.3 Å². The Kier molecular flexibility index (Phi) is 2.99. The van der Waals surface area contributed by atoms with E-state index in [9.17, 15) is 14.4 Å². The van der Waals surface area contributed by atoms with Gasteiger partial charge in [0.2, 0.25) is 17.5 Å². The van der Waals surface area contributed by atoms with Gasteiger partial charge in [-0.15, -0.1) is 0 Å². The van der Waals surface area contributed by atoms with Crippen molar-refractivity contribution in [3.8, 4) is 0 Å². The summed E-state index contributed by atoms with van der Waals surface area (Å²) in [5.41, 5.74) is 11.4. The lowest BCUT2D eigenvalue weighted by atomic mass is 9.79. The van der Waals surface area contributed by atoms with Crippen molar-refractivity contribution < 1.29 is 19.1 Å². The number of hydrogen-bond donors (Lipinski definition) is 3. The summed E-state index contributed by atoms with van der Waals surface area (Å²) in [5.74, 6) is -1.43. The maximum absolute atomic E-state index is 12.8. The molecule has 3 heterocycles. The van der Waals surface area contributed by atoms with Gasteiger partial charge in [-0.05, 0) is 13.3 Å². The van der Waals surface area contributed by atoms with Crippen LogP contribution in [0.4, 0.5) is 0 Å². The number of piperazine rings is 1. The monoisotopic (exact) mass is 332 g/mol. The van der Waals surface area contributed by atoms with E-state index >= 15 is 0 Å². The van der Waals surface area contributed by atoms with Crippen molar-refractivity contribution in [2.45, 2.75) is 37.6 Å². The number of carbonyl (C=O) groups excluding carboxylic acids is 3. The predicted octanol–water partition coefficient (Wildman–Crippen LogP) is -1.48. The van der Waals surface area contributed by atoms with Crippen LogP contribution in [0.5, 0.6) is 0 Å². The molecule has 8 nitrogen and oxygen atoms in total. The first-order valence-corrected chi connectivity index (χ1v) is 8.01. The van der Waals surface area contributed by atoms with Gasteiger partial charge in [0.1, 0.15) is 0 Å². The molecule has 128 valence electrons. The van der Waals surface area contributed by atoms with E-state index in [1.54, 1.807) is 14.0 Å². The number of nitrogens with one attached hydrogen (secondary N) is 1. The average molecular weight is 332 g/mol. The first kappa shape index (κ1) is 15.3. The van der Waals surface area contributed by atoms with E-state index in [1.165, 1.54) is 0 Å². The summed E-state index contributed by atoms with van der Waals surface area (Å²) in [7, 11) is 1.57. The van der Waals surface area contributed by atoms with E-state index in [0.29, 0.717) is 24.2 Å². The van der Waals surface area contributed by atoms with Crippen LogP contribution in [0.25, 0.3) is 0 Å². The summed E-state index contributed by atoms with van der Waals surface area (Å²) >= 11 is 0. The SMILES string of the molecule is COC12C(CCC(N)=O)C3=C(C(=O)C(C)=C(N)C3=O)N1CC1NC12. The quantitative estimate of drug-likeness (QED) is 0.421. The highest BCUT2D eigenvalue weighted by molar-refractivity contribution is 6.25. The van der Waals surface area contributed by atoms with Gasteiger partial charge >= 0.3 is 0 Å². The molecule has 0 spiro atoms. The second kappa shape index (κ2) is 4.67. The summed E-state index contributed by atoms with van der Waals surface area (Å²) in [5, 5.41) is 3.33. The highest BCUT2D eigenvalue weighted by Crippen LogP contribution is 2.56. The Morgan fingerprint density at radius 3 is 2.75 bits per heavy atom. The molecule has 4 unspecified atom stereocenters. The topological polar surface area (TPSA) is 138 Å². The molecule has 0 aromatic heterocycles. The van der Waals surface area contributed by atoms with Crippen LogP contribution in [-0.2, 0) is 19.1 Å². The molecule has 4 rings (SSSR count). The van der Waals surface area contributed by atoms with Crippen molar-refractivity contribution in [2.24, 2.45) is 17.4 Å². The van der Waals surface area contributed by atoms with Crippen LogP contribution in [0.2, 0.25) is 0 Å². The first-order chi connectivity index (χ1) is 11.3. The number of nitrogens with two attached hydrogens (primary N) is 2. The Bertz CT molecular complexity index is 755. The number of primary amides is 1. The number of amides is 1. The molecule has 0 radical (unpaired) electrons. The fourth-order valence-corrected chi connectivity index (χ4v) is 4.58. The van der Waals surface area contributed by atoms with Gasteiger partial charge in [-0.3, -0.25) is 14.4 Å². The van der Waals surface area contributed by atoms with E-state index in [0.717, 1.165) is 0 Å². The summed E-state index contributed by atoms with van der Waals surface area (Å²) in [4.78, 5) is 38.8. The zero-order valence-corrected chi connectivity index (χ0v) is 13.6. The maximum atomic E-state index is 12.8. The van der Waals surface area contributed by atoms with Gasteiger partial charge in [-0.1, -0.05) is 0 Å². The van der Waals surface area contributed by atoms with Gasteiger partial charge < -0.3 is 26.4 Å². The number of fused-ring (bicyclic) bond motifs is 4. The zero-order valence-electron chi connectivity index (χ0n) is 13.6. The molecule has 1 aliphatic carbocycles. The standard InChI is InChI=1S/C16H20N4O4/c1-6-11(18)14(23)10-7(3-4-9(17)21)16(24-2)15-8(19-15)5-20(16)12(10)13(6)22/h7-8,15,19H,3-5,18H2,1-2H3,(H2,17,21). The molecule has 5 N–H and O–H groups in total. The lowest BCUT2D eigenvalue weighted by molar-refractivity contribution is -0.134. The molecule has 0 bridgehead atoms. The van der Waals surface area contributed by atoms with Gasteiger partial charge in [-0.25, -0.2) is 0 Å². The number of nitrogens with zero attached hydrogens (tertiary/aromatic N) is 1. The Morgan fingerprint density at radius 1 is 1.42 bits per heavy atom. The molecule has 24 heavy (non-hydrogen) atoms. The molecule has 8 heteroatoms. The number of allylic oxidation sites excluding steroid dienone is 2. The second-order valence-electron chi connectivity index (χ2n) is 6.83. The summed E-state index contributed by atoms with van der Waals surface area (Å²) < 4.78 is 5.89. The van der Waals surface area contributed by atoms with E-state index in [1.807, 2.05) is 4.90 Å². The molecule has 1 amide bonds. The highest BCUT2D eigenvalue weighted by atomic mass is 16.5. The number of carbonyl (C=O) groups is 3. The van der Waals surface area contributed by atoms with E-state index in [2.05, 4.69) is 5.32 Å². The van der Waals surface area contributed by atoms with Crippen molar-refractivity contribution in [1.29, 1.82) is 0 Å². The summed E-state index contributed by atoms with van der Waals surface area (Å²) in [6.45, 7) is 2.16. The number of ether oxygens (including phenoxy) is 1. The number of rotatable bonds is 4. The minimum Gasteiger partial charge on any atom is -0.395 e. The molecule has 3 aliphatic heterocycles. The molecule has 0 aromatic carbocycles. The number of ketones is 2. The third-order valence-corrected chi connectivity index (χ3v) is 5.76. The third kappa shape index (κ3) is 1.62. The molecule has 2 saturated heterocycles. The van der Waals surface area contributed by atoms with Gasteiger partial charge in [0.05, 0.1) is 17.4 Å². The smallest absolute Gasteiger partial charge is 0.217 e. The van der Waals surface area contributed by atoms with Crippen molar-refractivity contribution in [1.82, 2.24) is 10.2 Å². The van der Waals surface area contributed by atoms with E-state index < -0.39 is 17.6 Å². The van der Waals surface area contributed by atoms with Crippen LogP contribution >= 0.6 is 0 Å². The Hall–Kier alpha value is -2.19. The first-order valence-electron chi connectivity index (χ1n) is 8.01. The fourth-order valence-electron chi connectivity index (χ4n) is 4.58. The molecule has 4 atom stereocenters. The number of Topliss-reactive ketones (excluding diaryl/α,β-unsaturated/α-hetero) is 2. The molecule has 2 fully saturated rings. The molecular formula is C16H20N4O4. The molecular weight excluding hydrogens is 312 g/mol. The zero-order chi connectivity index (χ0) is 17.4. The van der Waals surface area contributed by atoms with Crippen LogP contribution in [0.3, 0.4) is 0 Å². The Labute approximate surface area is 138 Å². The maximum Gasteiger partial charge on any atom is 0.217 e. The molecule has 0 saturated carbocycles. The molecule has 0 aromatic rings. The van der Waals surface area contributed by atoms with Crippen molar-refractivity contribution in [3.63, 3.8) is 0 Å². The van der Waals surface area contributed by atoms with Crippen molar-refractivity contribution in [2.75, 3.05) is 13.7 Å². The van der Waals surface area contributed by atoms with Crippen LogP contribution < -0.4 is 16.8 Å². The lowest BCUT2D eigenvalue weighted by Crippen LogP contribution is -2.54. The van der Waals surface area contributed by atoms with Gasteiger partial charge in [0.25, 0.3) is 0 Å². The van der Waals surface area contributed by atoms with Crippen molar-refractivity contribution in [3.05, 3.63) is 22.5 Å². The highest BCUT2D eigenvalue weighted by Gasteiger charge is 2.72. The Balaban J connectivity index is 1.85. The van der Waals surface area contributed by atoms with Crippen LogP contribution in [-0.4, -0.2) is 53.8 Å². The fraction of sp³-hybridized carbons (Fsp3) is 0.562. The average Bonchev–Trinajstić information content (AvgIpc) is 3.16. The predicted molar refractivity (Wildman–Crippen MR) is 83.0 cm³/mol. The third-order valence-electron chi connectivity index (χ3n) is 5.76. The van der Waals surface area contributed by atoms with Crippen molar-refractivity contribution >= 4 is 17.5 Å². The number of methoxy groups -OCH3 is 1. The number of hydrogen-bond acceptors (Lipinski definition) is 7. The van der Waals surface area contributed by atoms with E-state index in [4.69, 9.17) is 16.2 Å². The summed E-state index contributed by atoms with van der Waals surface area (Å²) in [6.07, 6.45) is 0.455. The van der Waals surface area contributed by atoms with Gasteiger partial charge in [0, 0.05) is 43.2 Å². The van der Waals surface area contributed by atoms with Gasteiger partial charge in [-0.2, -0.15) is 0 Å². The van der Waals surface area contributed by atoms with Crippen LogP contribution in [0.15, 0.2) is 22.5 Å². The van der Waals surface area contributed by atoms with Crippen LogP contribution in [0.1, 0.15) is 19.8 Å². The second-order valence-corrected chi connectivity index (χ2v) is 6.83. The Morgan fingerprint density at radius 2 is 2.12 bits per heavy atom. The minimum absolute atomic E-state index is 0.0180. The largest absolute Gasteiger partial charge is 0.395 e. The minimum atomic E-state index is -0.832. The van der Waals surface area contributed by atoms with Gasteiger partial charge in [0.15, 0.2) is 5.72 Å². The normalized spacial score (nSPS) is 36.9. The molecule has 4 aliphatic rings. The lowest BCUT2D eigenvalue weighted by Gasteiger charge is -2.40.